The van der Waals surface area contributed by atoms with Gasteiger partial charge in [-0.3, -0.25) is 5.84 Å². The van der Waals surface area contributed by atoms with Crippen LogP contribution >= 0.6 is 0 Å². The summed E-state index contributed by atoms with van der Waals surface area (Å²) in [5, 5.41) is 1.09. The Kier molecular flexibility index (Phi) is 4.04. The monoisotopic (exact) mass is 280 g/mol. The van der Waals surface area contributed by atoms with E-state index in [4.69, 9.17) is 10.3 Å². The molecule has 1 heterocycles. The fraction of sp³-hybridized carbons (Fsp3) is 0.222. The Labute approximate surface area is 124 Å². The number of para-hydroxylation sites is 1. The number of rotatable bonds is 5. The second-order valence-electron chi connectivity index (χ2n) is 5.28. The molecule has 108 valence electrons. The minimum Gasteiger partial charge on any atom is -0.459 e. The van der Waals surface area contributed by atoms with Crippen molar-refractivity contribution in [3.63, 3.8) is 0 Å². The molecular weight excluding hydrogens is 260 g/mol. The average molecular weight is 280 g/mol. The van der Waals surface area contributed by atoms with Crippen LogP contribution in [0, 0.1) is 0 Å². The Balaban J connectivity index is 1.99. The first-order valence-corrected chi connectivity index (χ1v) is 7.35. The SMILES string of the molecule is CCCc1cccc(C(NN)c2cc3ccccc3o2)c1. The molecule has 1 atom stereocenters. The molecule has 3 N–H and O–H groups in total. The number of nitrogens with one attached hydrogen (secondary N) is 1. The van der Waals surface area contributed by atoms with Gasteiger partial charge in [0.1, 0.15) is 17.4 Å². The Hall–Kier alpha value is -2.10. The normalized spacial score (nSPS) is 12.7. The summed E-state index contributed by atoms with van der Waals surface area (Å²) in [6.45, 7) is 2.19. The zero-order valence-electron chi connectivity index (χ0n) is 12.2. The fourth-order valence-corrected chi connectivity index (χ4v) is 2.70. The van der Waals surface area contributed by atoms with E-state index in [1.54, 1.807) is 0 Å². The molecule has 3 rings (SSSR count). The minimum atomic E-state index is -0.130. The van der Waals surface area contributed by atoms with Crippen LogP contribution in [0.1, 0.15) is 36.3 Å². The van der Waals surface area contributed by atoms with Gasteiger partial charge < -0.3 is 4.42 Å². The van der Waals surface area contributed by atoms with Gasteiger partial charge in [0.05, 0.1) is 0 Å². The molecule has 1 aromatic heterocycles. The van der Waals surface area contributed by atoms with E-state index in [-0.39, 0.29) is 6.04 Å². The highest BCUT2D eigenvalue weighted by atomic mass is 16.3. The molecule has 3 aromatic rings. The summed E-state index contributed by atoms with van der Waals surface area (Å²) in [5.41, 5.74) is 6.21. The molecule has 0 aliphatic heterocycles. The minimum absolute atomic E-state index is 0.130. The first kappa shape index (κ1) is 13.9. The number of nitrogens with two attached hydrogens (primary N) is 1. The van der Waals surface area contributed by atoms with Crippen LogP contribution in [-0.4, -0.2) is 0 Å². The summed E-state index contributed by atoms with van der Waals surface area (Å²) >= 11 is 0. The molecule has 21 heavy (non-hydrogen) atoms. The largest absolute Gasteiger partial charge is 0.459 e. The zero-order chi connectivity index (χ0) is 14.7. The molecule has 0 saturated carbocycles. The van der Waals surface area contributed by atoms with Gasteiger partial charge in [-0.1, -0.05) is 55.8 Å². The van der Waals surface area contributed by atoms with E-state index >= 15 is 0 Å². The molecule has 0 spiro atoms. The van der Waals surface area contributed by atoms with Crippen LogP contribution in [0.5, 0.6) is 0 Å². The van der Waals surface area contributed by atoms with Crippen LogP contribution in [0.2, 0.25) is 0 Å². The van der Waals surface area contributed by atoms with E-state index in [0.717, 1.165) is 35.1 Å². The standard InChI is InChI=1S/C18H20N2O/c1-2-6-13-7-5-9-15(11-13)18(20-19)17-12-14-8-3-4-10-16(14)21-17/h3-5,7-12,18,20H,2,6,19H2,1H3. The molecule has 0 saturated heterocycles. The van der Waals surface area contributed by atoms with Crippen molar-refractivity contribution in [3.05, 3.63) is 71.5 Å². The van der Waals surface area contributed by atoms with Crippen molar-refractivity contribution in [2.45, 2.75) is 25.8 Å². The molecule has 0 aliphatic carbocycles. The molecule has 3 heteroatoms. The van der Waals surface area contributed by atoms with Crippen LogP contribution in [0.3, 0.4) is 0 Å². The lowest BCUT2D eigenvalue weighted by Gasteiger charge is -2.14. The summed E-state index contributed by atoms with van der Waals surface area (Å²) < 4.78 is 5.93. The molecule has 1 unspecified atom stereocenters. The van der Waals surface area contributed by atoms with Gasteiger partial charge in [0.25, 0.3) is 0 Å². The number of aryl methyl sites for hydroxylation is 1. The van der Waals surface area contributed by atoms with Crippen molar-refractivity contribution in [2.75, 3.05) is 0 Å². The number of benzene rings is 2. The maximum Gasteiger partial charge on any atom is 0.134 e. The average Bonchev–Trinajstić information content (AvgIpc) is 2.92. The van der Waals surface area contributed by atoms with Crippen LogP contribution in [0.4, 0.5) is 0 Å². The quantitative estimate of drug-likeness (QED) is 0.550. The van der Waals surface area contributed by atoms with Crippen LogP contribution < -0.4 is 11.3 Å². The smallest absolute Gasteiger partial charge is 0.134 e. The highest BCUT2D eigenvalue weighted by molar-refractivity contribution is 5.77. The lowest BCUT2D eigenvalue weighted by Crippen LogP contribution is -2.28. The van der Waals surface area contributed by atoms with E-state index in [0.29, 0.717) is 0 Å². The second kappa shape index (κ2) is 6.12. The molecule has 0 amide bonds. The zero-order valence-corrected chi connectivity index (χ0v) is 12.2. The number of fused-ring (bicyclic) bond motifs is 1. The van der Waals surface area contributed by atoms with Crippen molar-refractivity contribution in [2.24, 2.45) is 5.84 Å². The van der Waals surface area contributed by atoms with E-state index in [1.165, 1.54) is 5.56 Å². The third-order valence-corrected chi connectivity index (χ3v) is 3.72. The van der Waals surface area contributed by atoms with Crippen LogP contribution in [0.15, 0.2) is 59.0 Å². The number of furan rings is 1. The van der Waals surface area contributed by atoms with E-state index in [9.17, 15) is 0 Å². The van der Waals surface area contributed by atoms with Gasteiger partial charge in [-0.15, -0.1) is 0 Å². The Morgan fingerprint density at radius 1 is 1.10 bits per heavy atom. The van der Waals surface area contributed by atoms with Gasteiger partial charge in [-0.2, -0.15) is 0 Å². The highest BCUT2D eigenvalue weighted by Gasteiger charge is 2.17. The molecule has 0 bridgehead atoms. The number of hydrazine groups is 1. The third-order valence-electron chi connectivity index (χ3n) is 3.72. The van der Waals surface area contributed by atoms with Gasteiger partial charge in [-0.05, 0) is 29.7 Å². The lowest BCUT2D eigenvalue weighted by atomic mass is 10.0. The topological polar surface area (TPSA) is 51.2 Å². The van der Waals surface area contributed by atoms with Gasteiger partial charge >= 0.3 is 0 Å². The predicted molar refractivity (Wildman–Crippen MR) is 85.8 cm³/mol. The van der Waals surface area contributed by atoms with Gasteiger partial charge in [0.15, 0.2) is 0 Å². The first-order valence-electron chi connectivity index (χ1n) is 7.35. The lowest BCUT2D eigenvalue weighted by molar-refractivity contribution is 0.477. The van der Waals surface area contributed by atoms with E-state index < -0.39 is 0 Å². The number of hydrogen-bond donors (Lipinski definition) is 2. The van der Waals surface area contributed by atoms with Crippen molar-refractivity contribution < 1.29 is 4.42 Å². The van der Waals surface area contributed by atoms with Crippen molar-refractivity contribution >= 4 is 11.0 Å². The molecule has 0 aliphatic rings. The van der Waals surface area contributed by atoms with E-state index in [2.05, 4.69) is 36.6 Å². The summed E-state index contributed by atoms with van der Waals surface area (Å²) in [5.74, 6) is 6.61. The number of hydrogen-bond acceptors (Lipinski definition) is 3. The molecule has 0 fully saturated rings. The molecular formula is C18H20N2O. The Morgan fingerprint density at radius 3 is 2.71 bits per heavy atom. The summed E-state index contributed by atoms with van der Waals surface area (Å²) in [7, 11) is 0. The third kappa shape index (κ3) is 2.84. The molecule has 0 radical (unpaired) electrons. The van der Waals surface area contributed by atoms with E-state index in [1.807, 2.05) is 30.3 Å². The summed E-state index contributed by atoms with van der Waals surface area (Å²) in [4.78, 5) is 0. The van der Waals surface area contributed by atoms with Crippen molar-refractivity contribution in [1.29, 1.82) is 0 Å². The predicted octanol–water partition coefficient (Wildman–Crippen LogP) is 3.94. The van der Waals surface area contributed by atoms with Gasteiger partial charge in [0, 0.05) is 5.39 Å². The maximum atomic E-state index is 5.93. The molecule has 2 aromatic carbocycles. The fourth-order valence-electron chi connectivity index (χ4n) is 2.70. The first-order chi connectivity index (χ1) is 10.3. The summed E-state index contributed by atoms with van der Waals surface area (Å²) in [6, 6.07) is 18.4. The van der Waals surface area contributed by atoms with Crippen LogP contribution in [0.25, 0.3) is 11.0 Å². The Bertz CT molecular complexity index is 700. The molecule has 3 nitrogen and oxygen atoms in total. The Morgan fingerprint density at radius 2 is 1.95 bits per heavy atom. The van der Waals surface area contributed by atoms with Crippen molar-refractivity contribution in [3.8, 4) is 0 Å². The summed E-state index contributed by atoms with van der Waals surface area (Å²) in [6.07, 6.45) is 2.21. The van der Waals surface area contributed by atoms with Crippen LogP contribution in [-0.2, 0) is 6.42 Å². The second-order valence-corrected chi connectivity index (χ2v) is 5.28. The van der Waals surface area contributed by atoms with Crippen molar-refractivity contribution in [1.82, 2.24) is 5.43 Å². The van der Waals surface area contributed by atoms with Gasteiger partial charge in [-0.25, -0.2) is 5.43 Å². The van der Waals surface area contributed by atoms with Gasteiger partial charge in [0.2, 0.25) is 0 Å². The maximum absolute atomic E-state index is 5.93. The highest BCUT2D eigenvalue weighted by Crippen LogP contribution is 2.28.